The van der Waals surface area contributed by atoms with Gasteiger partial charge >= 0.3 is 0 Å². The monoisotopic (exact) mass is 497 g/mol. The number of rotatable bonds is 8. The first kappa shape index (κ1) is 26.5. The molecule has 4 aliphatic rings. The molecule has 0 aromatic rings. The van der Waals surface area contributed by atoms with E-state index in [4.69, 9.17) is 0 Å². The van der Waals surface area contributed by atoms with Crippen molar-refractivity contribution in [3.8, 4) is 0 Å². The maximum absolute atomic E-state index is 15.3. The van der Waals surface area contributed by atoms with Gasteiger partial charge in [-0.3, -0.25) is 5.32 Å². The molecule has 0 aromatic heterocycles. The van der Waals surface area contributed by atoms with Crippen molar-refractivity contribution in [3.05, 3.63) is 0 Å². The highest BCUT2D eigenvalue weighted by Crippen LogP contribution is 2.70. The summed E-state index contributed by atoms with van der Waals surface area (Å²) in [4.78, 5) is 0. The van der Waals surface area contributed by atoms with Gasteiger partial charge < -0.3 is 9.13 Å². The van der Waals surface area contributed by atoms with Gasteiger partial charge in [0.25, 0.3) is 0 Å². The Labute approximate surface area is 205 Å². The molecule has 0 radical (unpaired) electrons. The van der Waals surface area contributed by atoms with Crippen LogP contribution in [0.4, 0.5) is 0 Å². The Balaban J connectivity index is 1.57. The van der Waals surface area contributed by atoms with E-state index in [1.54, 1.807) is 0 Å². The Morgan fingerprint density at radius 1 is 0.545 bits per heavy atom. The highest BCUT2D eigenvalue weighted by Gasteiger charge is 2.52. The Morgan fingerprint density at radius 2 is 0.848 bits per heavy atom. The van der Waals surface area contributed by atoms with Crippen molar-refractivity contribution in [2.45, 2.75) is 170 Å². The van der Waals surface area contributed by atoms with Crippen LogP contribution in [0, 0.1) is 0 Å². The summed E-state index contributed by atoms with van der Waals surface area (Å²) in [6.07, 6.45) is 25.2. The lowest BCUT2D eigenvalue weighted by Crippen LogP contribution is -2.47. The van der Waals surface area contributed by atoms with Gasteiger partial charge in [0.1, 0.15) is 14.3 Å². The van der Waals surface area contributed by atoms with Gasteiger partial charge in [-0.15, -0.1) is 0 Å². The van der Waals surface area contributed by atoms with Gasteiger partial charge in [0.15, 0.2) is 0 Å². The zero-order valence-corrected chi connectivity index (χ0v) is 23.7. The summed E-state index contributed by atoms with van der Waals surface area (Å²) in [6, 6.07) is 0. The van der Waals surface area contributed by atoms with Crippen molar-refractivity contribution in [3.63, 3.8) is 0 Å². The van der Waals surface area contributed by atoms with E-state index < -0.39 is 19.6 Å². The summed E-state index contributed by atoms with van der Waals surface area (Å²) in [5.41, 5.74) is 1.61. The molecule has 4 fully saturated rings. The second kappa shape index (κ2) is 11.6. The lowest BCUT2D eigenvalue weighted by molar-refractivity contribution is 0.407. The van der Waals surface area contributed by atoms with Crippen LogP contribution >= 0.6 is 14.3 Å². The maximum atomic E-state index is 15.3. The molecular weight excluding hydrogens is 444 g/mol. The molecule has 0 aromatic carbocycles. The van der Waals surface area contributed by atoms with Crippen molar-refractivity contribution in [1.82, 2.24) is 5.32 Å². The standard InChI is InChI=1S/C28H53NO2P2/c1-28(2,33(31,26-19-11-5-12-20-26)27-21-13-6-14-22-27)29-23-32(30,24-15-7-3-8-16-24)25-17-9-4-10-18-25/h24-27,29H,3-23H2,1-2H3. The molecule has 3 nitrogen and oxygen atoms in total. The minimum absolute atomic E-state index is 0.389. The molecule has 4 saturated carbocycles. The highest BCUT2D eigenvalue weighted by atomic mass is 31.2. The molecule has 0 amide bonds. The molecule has 0 spiro atoms. The van der Waals surface area contributed by atoms with Crippen LogP contribution in [0.1, 0.15) is 142 Å². The van der Waals surface area contributed by atoms with E-state index in [1.807, 2.05) is 0 Å². The van der Waals surface area contributed by atoms with Crippen molar-refractivity contribution >= 4 is 14.3 Å². The fourth-order valence-electron chi connectivity index (χ4n) is 8.17. The van der Waals surface area contributed by atoms with Crippen molar-refractivity contribution in [1.29, 1.82) is 0 Å². The van der Waals surface area contributed by atoms with Crippen LogP contribution in [0.15, 0.2) is 0 Å². The van der Waals surface area contributed by atoms with E-state index in [-0.39, 0.29) is 0 Å². The zero-order chi connectivity index (χ0) is 23.4. The summed E-state index contributed by atoms with van der Waals surface area (Å²) >= 11 is 0. The van der Waals surface area contributed by atoms with Crippen LogP contribution in [0.5, 0.6) is 0 Å². The minimum atomic E-state index is -2.47. The smallest absolute Gasteiger partial charge is 0.112 e. The summed E-state index contributed by atoms with van der Waals surface area (Å²) in [5.74, 6) is 0. The van der Waals surface area contributed by atoms with Crippen LogP contribution in [-0.4, -0.2) is 34.2 Å². The van der Waals surface area contributed by atoms with Gasteiger partial charge in [-0.25, -0.2) is 0 Å². The van der Waals surface area contributed by atoms with Crippen molar-refractivity contribution < 1.29 is 9.13 Å². The highest BCUT2D eigenvalue weighted by molar-refractivity contribution is 7.67. The first-order chi connectivity index (χ1) is 15.9. The lowest BCUT2D eigenvalue weighted by atomic mass is 9.99. The first-order valence-electron chi connectivity index (χ1n) is 14.8. The van der Waals surface area contributed by atoms with E-state index in [0.717, 1.165) is 25.7 Å². The van der Waals surface area contributed by atoms with E-state index >= 15 is 4.57 Å². The van der Waals surface area contributed by atoms with E-state index in [1.165, 1.54) is 103 Å². The average molecular weight is 498 g/mol. The predicted octanol–water partition coefficient (Wildman–Crippen LogP) is 9.33. The molecule has 1 N–H and O–H groups in total. The largest absolute Gasteiger partial charge is 0.322 e. The second-order valence-corrected chi connectivity index (χ2v) is 20.1. The maximum Gasteiger partial charge on any atom is 0.112 e. The topological polar surface area (TPSA) is 46.2 Å². The molecule has 0 saturated heterocycles. The molecule has 33 heavy (non-hydrogen) atoms. The summed E-state index contributed by atoms with van der Waals surface area (Å²) < 4.78 is 30.2. The third kappa shape index (κ3) is 5.72. The van der Waals surface area contributed by atoms with Crippen molar-refractivity contribution in [2.75, 3.05) is 6.29 Å². The van der Waals surface area contributed by atoms with E-state index in [9.17, 15) is 4.57 Å². The van der Waals surface area contributed by atoms with Gasteiger partial charge in [-0.2, -0.15) is 0 Å². The average Bonchev–Trinajstić information content (AvgIpc) is 2.89. The predicted molar refractivity (Wildman–Crippen MR) is 145 cm³/mol. The van der Waals surface area contributed by atoms with Gasteiger partial charge in [0.05, 0.1) is 11.6 Å². The fourth-order valence-corrected chi connectivity index (χ4v) is 17.5. The normalized spacial score (nSPS) is 26.5. The van der Waals surface area contributed by atoms with Crippen LogP contribution in [0.3, 0.4) is 0 Å². The summed E-state index contributed by atoms with van der Waals surface area (Å²) in [6.45, 7) is 4.51. The first-order valence-corrected chi connectivity index (χ1v) is 18.7. The molecule has 0 heterocycles. The second-order valence-electron chi connectivity index (χ2n) is 12.6. The Kier molecular flexibility index (Phi) is 9.35. The Bertz CT molecular complexity index is 653. The molecular formula is C28H53NO2P2. The molecule has 5 heteroatoms. The quantitative estimate of drug-likeness (QED) is 0.340. The van der Waals surface area contributed by atoms with Gasteiger partial charge in [0.2, 0.25) is 0 Å². The van der Waals surface area contributed by atoms with Gasteiger partial charge in [-0.1, -0.05) is 77.0 Å². The molecule has 192 valence electrons. The van der Waals surface area contributed by atoms with E-state index in [0.29, 0.717) is 28.9 Å². The molecule has 0 unspecified atom stereocenters. The van der Waals surface area contributed by atoms with E-state index in [2.05, 4.69) is 19.2 Å². The summed E-state index contributed by atoms with van der Waals surface area (Å²) in [7, 11) is -4.82. The molecule has 4 rings (SSSR count). The van der Waals surface area contributed by atoms with Gasteiger partial charge in [-0.05, 0) is 65.2 Å². The SMILES string of the molecule is CC(C)(NCP(=O)(C1CCCCC1)C1CCCCC1)P(=O)(C1CCCCC1)C1CCCCC1. The minimum Gasteiger partial charge on any atom is -0.322 e. The van der Waals surface area contributed by atoms with Crippen LogP contribution in [-0.2, 0) is 9.13 Å². The van der Waals surface area contributed by atoms with Gasteiger partial charge in [0, 0.05) is 22.6 Å². The number of hydrogen-bond acceptors (Lipinski definition) is 3. The summed E-state index contributed by atoms with van der Waals surface area (Å²) in [5, 5.41) is 3.51. The Hall–Kier alpha value is 0.420. The molecule has 0 atom stereocenters. The third-order valence-corrected chi connectivity index (χ3v) is 19.5. The Morgan fingerprint density at radius 3 is 1.18 bits per heavy atom. The number of nitrogens with one attached hydrogen (secondary N) is 1. The molecule has 0 aliphatic heterocycles. The molecule has 4 aliphatic carbocycles. The van der Waals surface area contributed by atoms with Crippen molar-refractivity contribution in [2.24, 2.45) is 0 Å². The molecule has 0 bridgehead atoms. The van der Waals surface area contributed by atoms with Crippen LogP contribution in [0.2, 0.25) is 0 Å². The number of hydrogen-bond donors (Lipinski definition) is 1. The fraction of sp³-hybridized carbons (Fsp3) is 1.00. The lowest BCUT2D eigenvalue weighted by Gasteiger charge is -2.48. The zero-order valence-electron chi connectivity index (χ0n) is 21.9. The third-order valence-electron chi connectivity index (χ3n) is 10.3. The van der Waals surface area contributed by atoms with Crippen LogP contribution in [0.25, 0.3) is 0 Å². The van der Waals surface area contributed by atoms with Crippen LogP contribution < -0.4 is 5.32 Å².